The van der Waals surface area contributed by atoms with Gasteiger partial charge in [0.1, 0.15) is 5.01 Å². The molecule has 3 nitrogen and oxygen atoms in total. The van der Waals surface area contributed by atoms with Crippen LogP contribution in [-0.4, -0.2) is 31.8 Å². The number of nitrogens with zero attached hydrogens (tertiary/aromatic N) is 1. The van der Waals surface area contributed by atoms with Crippen molar-refractivity contribution in [3.8, 4) is 0 Å². The average molecular weight is 226 g/mol. The minimum Gasteiger partial charge on any atom is -0.383 e. The summed E-state index contributed by atoms with van der Waals surface area (Å²) >= 11 is 1.67. The monoisotopic (exact) mass is 226 g/mol. The highest BCUT2D eigenvalue weighted by molar-refractivity contribution is 7.10. The van der Waals surface area contributed by atoms with Gasteiger partial charge in [-0.25, -0.2) is 4.98 Å². The van der Waals surface area contributed by atoms with E-state index in [9.17, 15) is 0 Å². The zero-order valence-electron chi connectivity index (χ0n) is 9.32. The maximum Gasteiger partial charge on any atom is 0.115 e. The van der Waals surface area contributed by atoms with Crippen LogP contribution in [0, 0.1) is 0 Å². The third-order valence-electron chi connectivity index (χ3n) is 2.07. The molecule has 1 N–H and O–H groups in total. The van der Waals surface area contributed by atoms with Crippen LogP contribution in [0.4, 0.5) is 0 Å². The average Bonchev–Trinajstić information content (AvgIpc) is 2.75. The van der Waals surface area contributed by atoms with Gasteiger partial charge in [0.15, 0.2) is 0 Å². The molecule has 0 aliphatic carbocycles. The second-order valence-electron chi connectivity index (χ2n) is 3.20. The van der Waals surface area contributed by atoms with Gasteiger partial charge < -0.3 is 10.1 Å². The van der Waals surface area contributed by atoms with Gasteiger partial charge in [-0.05, 0) is 12.5 Å². The molecular weight excluding hydrogens is 208 g/mol. The first-order valence-corrected chi connectivity index (χ1v) is 6.03. The lowest BCUT2D eigenvalue weighted by atomic mass is 10.2. The van der Waals surface area contributed by atoms with E-state index in [1.807, 2.05) is 11.6 Å². The van der Waals surface area contributed by atoms with Gasteiger partial charge in [-0.3, -0.25) is 0 Å². The van der Waals surface area contributed by atoms with Crippen LogP contribution < -0.4 is 5.32 Å². The largest absolute Gasteiger partial charge is 0.383 e. The molecule has 1 heterocycles. The molecule has 15 heavy (non-hydrogen) atoms. The summed E-state index contributed by atoms with van der Waals surface area (Å²) < 4.78 is 4.97. The molecular formula is C11H18N2OS. The summed E-state index contributed by atoms with van der Waals surface area (Å²) in [5, 5.41) is 6.41. The fourth-order valence-electron chi connectivity index (χ4n) is 1.18. The molecule has 0 aromatic carbocycles. The van der Waals surface area contributed by atoms with E-state index >= 15 is 0 Å². The van der Waals surface area contributed by atoms with Crippen LogP contribution in [0.25, 0.3) is 6.08 Å². The first kappa shape index (κ1) is 12.4. The third kappa shape index (κ3) is 5.06. The number of hydrogen-bond acceptors (Lipinski definition) is 4. The summed E-state index contributed by atoms with van der Waals surface area (Å²) in [5.41, 5.74) is 1.38. The van der Waals surface area contributed by atoms with Gasteiger partial charge >= 0.3 is 0 Å². The third-order valence-corrected chi connectivity index (χ3v) is 2.79. The second kappa shape index (κ2) is 7.56. The summed E-state index contributed by atoms with van der Waals surface area (Å²) in [6, 6.07) is 0. The molecule has 0 spiro atoms. The highest BCUT2D eigenvalue weighted by Gasteiger charge is 1.96. The van der Waals surface area contributed by atoms with Gasteiger partial charge in [0.25, 0.3) is 0 Å². The Morgan fingerprint density at radius 3 is 3.13 bits per heavy atom. The number of rotatable bonds is 7. The molecule has 0 fully saturated rings. The molecule has 0 radical (unpaired) electrons. The fraction of sp³-hybridized carbons (Fsp3) is 0.545. The maximum absolute atomic E-state index is 4.97. The lowest BCUT2D eigenvalue weighted by Crippen LogP contribution is -2.21. The summed E-state index contributed by atoms with van der Waals surface area (Å²) in [4.78, 5) is 4.24. The van der Waals surface area contributed by atoms with Crippen LogP contribution >= 0.6 is 11.3 Å². The normalized spacial score (nSPS) is 12.0. The van der Waals surface area contributed by atoms with Crippen LogP contribution in [0.3, 0.4) is 0 Å². The molecule has 0 saturated heterocycles. The van der Waals surface area contributed by atoms with Gasteiger partial charge in [0.05, 0.1) is 6.61 Å². The number of nitrogens with one attached hydrogen (secondary N) is 1. The van der Waals surface area contributed by atoms with E-state index in [1.54, 1.807) is 18.4 Å². The van der Waals surface area contributed by atoms with E-state index in [0.29, 0.717) is 0 Å². The zero-order chi connectivity index (χ0) is 10.9. The van der Waals surface area contributed by atoms with E-state index in [2.05, 4.69) is 23.3 Å². The molecule has 0 atom stereocenters. The van der Waals surface area contributed by atoms with Gasteiger partial charge in [0.2, 0.25) is 0 Å². The summed E-state index contributed by atoms with van der Waals surface area (Å²) in [7, 11) is 1.72. The Hall–Kier alpha value is -0.710. The first-order chi connectivity index (χ1) is 7.36. The lowest BCUT2D eigenvalue weighted by Gasteiger charge is -2.05. The molecule has 0 aliphatic rings. The molecule has 1 aromatic heterocycles. The van der Waals surface area contributed by atoms with Crippen LogP contribution in [0.1, 0.15) is 18.4 Å². The van der Waals surface area contributed by atoms with Crippen LogP contribution in [0.5, 0.6) is 0 Å². The SMILES string of the molecule is CC/C(=C/c1nccs1)CNCCOC. The van der Waals surface area contributed by atoms with E-state index in [1.165, 1.54) is 5.57 Å². The molecule has 0 amide bonds. The van der Waals surface area contributed by atoms with Crippen molar-refractivity contribution in [1.29, 1.82) is 0 Å². The van der Waals surface area contributed by atoms with Crippen molar-refractivity contribution in [3.05, 3.63) is 22.2 Å². The van der Waals surface area contributed by atoms with Crippen LogP contribution in [0.2, 0.25) is 0 Å². The highest BCUT2D eigenvalue weighted by Crippen LogP contribution is 2.11. The topological polar surface area (TPSA) is 34.2 Å². The quantitative estimate of drug-likeness (QED) is 0.724. The van der Waals surface area contributed by atoms with Crippen molar-refractivity contribution in [2.75, 3.05) is 26.8 Å². The van der Waals surface area contributed by atoms with Crippen molar-refractivity contribution in [1.82, 2.24) is 10.3 Å². The molecule has 84 valence electrons. The molecule has 1 rings (SSSR count). The highest BCUT2D eigenvalue weighted by atomic mass is 32.1. The Morgan fingerprint density at radius 2 is 2.53 bits per heavy atom. The Kier molecular flexibility index (Phi) is 6.23. The van der Waals surface area contributed by atoms with Gasteiger partial charge in [0, 0.05) is 31.8 Å². The van der Waals surface area contributed by atoms with Gasteiger partial charge in [-0.1, -0.05) is 12.5 Å². The van der Waals surface area contributed by atoms with E-state index in [-0.39, 0.29) is 0 Å². The minimum absolute atomic E-state index is 0.758. The molecule has 4 heteroatoms. The minimum atomic E-state index is 0.758. The van der Waals surface area contributed by atoms with Crippen molar-refractivity contribution < 1.29 is 4.74 Å². The van der Waals surface area contributed by atoms with Gasteiger partial charge in [-0.15, -0.1) is 11.3 Å². The van der Waals surface area contributed by atoms with E-state index in [0.717, 1.165) is 31.1 Å². The fourth-order valence-corrected chi connectivity index (χ4v) is 1.80. The van der Waals surface area contributed by atoms with Crippen molar-refractivity contribution in [2.24, 2.45) is 0 Å². The first-order valence-electron chi connectivity index (χ1n) is 5.15. The Labute approximate surface area is 95.2 Å². The summed E-state index contributed by atoms with van der Waals surface area (Å²) in [5.74, 6) is 0. The number of ether oxygens (including phenoxy) is 1. The number of aromatic nitrogens is 1. The predicted octanol–water partition coefficient (Wildman–Crippen LogP) is 2.17. The maximum atomic E-state index is 4.97. The van der Waals surface area contributed by atoms with Gasteiger partial charge in [-0.2, -0.15) is 0 Å². The zero-order valence-corrected chi connectivity index (χ0v) is 10.1. The lowest BCUT2D eigenvalue weighted by molar-refractivity contribution is 0.200. The van der Waals surface area contributed by atoms with Crippen LogP contribution in [-0.2, 0) is 4.74 Å². The van der Waals surface area contributed by atoms with Crippen molar-refractivity contribution >= 4 is 17.4 Å². The van der Waals surface area contributed by atoms with E-state index in [4.69, 9.17) is 4.74 Å². The Morgan fingerprint density at radius 1 is 1.67 bits per heavy atom. The smallest absolute Gasteiger partial charge is 0.115 e. The molecule has 0 saturated carbocycles. The second-order valence-corrected chi connectivity index (χ2v) is 4.12. The molecule has 0 bridgehead atoms. The Bertz CT molecular complexity index is 283. The summed E-state index contributed by atoms with van der Waals surface area (Å²) in [6.45, 7) is 4.73. The standard InChI is InChI=1S/C11H18N2OS/c1-3-10(9-12-4-6-14-2)8-11-13-5-7-15-11/h5,7-8,12H,3-4,6,9H2,1-2H3/b10-8-. The number of hydrogen-bond donors (Lipinski definition) is 1. The number of methoxy groups -OCH3 is 1. The Balaban J connectivity index is 2.35. The molecule has 1 aromatic rings. The van der Waals surface area contributed by atoms with Crippen molar-refractivity contribution in [3.63, 3.8) is 0 Å². The van der Waals surface area contributed by atoms with Crippen LogP contribution in [0.15, 0.2) is 17.2 Å². The van der Waals surface area contributed by atoms with Crippen molar-refractivity contribution in [2.45, 2.75) is 13.3 Å². The number of thiazole rings is 1. The molecule has 0 aliphatic heterocycles. The van der Waals surface area contributed by atoms with E-state index < -0.39 is 0 Å². The molecule has 0 unspecified atom stereocenters. The predicted molar refractivity (Wildman–Crippen MR) is 65.1 cm³/mol. The summed E-state index contributed by atoms with van der Waals surface area (Å²) in [6.07, 6.45) is 5.05.